The number of thiazole rings is 1. The van der Waals surface area contributed by atoms with Gasteiger partial charge in [-0.15, -0.1) is 11.3 Å². The Labute approximate surface area is 175 Å². The van der Waals surface area contributed by atoms with Crippen LogP contribution in [0.1, 0.15) is 24.8 Å². The summed E-state index contributed by atoms with van der Waals surface area (Å²) < 4.78 is 7.55. The van der Waals surface area contributed by atoms with E-state index in [-0.39, 0.29) is 0 Å². The molecule has 3 aromatic rings. The van der Waals surface area contributed by atoms with Crippen LogP contribution in [0.15, 0.2) is 82.2 Å². The van der Waals surface area contributed by atoms with Gasteiger partial charge in [0.1, 0.15) is 5.75 Å². The molecule has 0 bridgehead atoms. The molecule has 2 aromatic carbocycles. The lowest BCUT2D eigenvalue weighted by Crippen LogP contribution is -2.14. The molecule has 1 unspecified atom stereocenters. The van der Waals surface area contributed by atoms with Crippen molar-refractivity contribution in [1.29, 1.82) is 0 Å². The fraction of sp³-hybridized carbons (Fsp3) is 0.250. The van der Waals surface area contributed by atoms with Gasteiger partial charge >= 0.3 is 0 Å². The van der Waals surface area contributed by atoms with Gasteiger partial charge < -0.3 is 4.74 Å². The highest BCUT2D eigenvalue weighted by atomic mass is 32.1. The van der Waals surface area contributed by atoms with Gasteiger partial charge in [0.25, 0.3) is 0 Å². The lowest BCUT2D eigenvalue weighted by Gasteiger charge is -2.13. The second-order valence-electron chi connectivity index (χ2n) is 7.03. The maximum absolute atomic E-state index is 5.59. The minimum absolute atomic E-state index is 0.472. The number of aromatic nitrogens is 1. The fourth-order valence-corrected chi connectivity index (χ4v) is 4.25. The Morgan fingerprint density at radius 2 is 1.93 bits per heavy atom. The van der Waals surface area contributed by atoms with Crippen molar-refractivity contribution in [2.45, 2.75) is 25.8 Å². The number of benzene rings is 2. The average molecular weight is 404 g/mol. The normalized spacial score (nSPS) is 17.1. The molecule has 4 rings (SSSR count). The number of hydrogen-bond donors (Lipinski definition) is 0. The first-order valence-corrected chi connectivity index (χ1v) is 10.8. The van der Waals surface area contributed by atoms with Gasteiger partial charge in [0.2, 0.25) is 4.80 Å². The summed E-state index contributed by atoms with van der Waals surface area (Å²) in [5.74, 6) is 1.31. The van der Waals surface area contributed by atoms with Gasteiger partial charge in [-0.2, -0.15) is 5.10 Å². The minimum Gasteiger partial charge on any atom is -0.496 e. The van der Waals surface area contributed by atoms with E-state index >= 15 is 0 Å². The van der Waals surface area contributed by atoms with Gasteiger partial charge in [-0.05, 0) is 42.9 Å². The zero-order valence-electron chi connectivity index (χ0n) is 16.6. The van der Waals surface area contributed by atoms with Crippen molar-refractivity contribution in [3.8, 4) is 17.0 Å². The number of hydrogen-bond acceptors (Lipinski definition) is 4. The summed E-state index contributed by atoms with van der Waals surface area (Å²) >= 11 is 1.61. The minimum atomic E-state index is 0.472. The van der Waals surface area contributed by atoms with Gasteiger partial charge in [-0.25, -0.2) is 4.68 Å². The maximum atomic E-state index is 5.59. The summed E-state index contributed by atoms with van der Waals surface area (Å²) in [5.41, 5.74) is 3.21. The van der Waals surface area contributed by atoms with E-state index in [1.165, 1.54) is 5.56 Å². The van der Waals surface area contributed by atoms with Gasteiger partial charge in [0.15, 0.2) is 0 Å². The summed E-state index contributed by atoms with van der Waals surface area (Å²) in [6.45, 7) is 0.633. The molecule has 0 spiro atoms. The van der Waals surface area contributed by atoms with Gasteiger partial charge in [-0.1, -0.05) is 54.6 Å². The Morgan fingerprint density at radius 1 is 1.10 bits per heavy atom. The van der Waals surface area contributed by atoms with Crippen molar-refractivity contribution in [2.24, 2.45) is 16.0 Å². The molecule has 148 valence electrons. The molecule has 0 saturated carbocycles. The van der Waals surface area contributed by atoms with Crippen molar-refractivity contribution >= 4 is 17.6 Å². The number of ether oxygens (including phenoxy) is 1. The standard InChI is InChI=1S/C24H25N3OS/c1-28-23-15-9-8-14-21(23)22-18-29-24(25-16-19-10-4-2-5-11-19)27(22)26-17-20-12-6-3-7-13-20/h2-6,8-11,14-15,17-18,20H,7,12-13,16H2,1H3. The smallest absolute Gasteiger partial charge is 0.206 e. The monoisotopic (exact) mass is 403 g/mol. The lowest BCUT2D eigenvalue weighted by atomic mass is 9.96. The van der Waals surface area contributed by atoms with E-state index in [9.17, 15) is 0 Å². The van der Waals surface area contributed by atoms with Crippen LogP contribution >= 0.6 is 11.3 Å². The molecule has 0 aliphatic heterocycles. The van der Waals surface area contributed by atoms with E-state index in [1.807, 2.05) is 41.1 Å². The molecule has 1 heterocycles. The molecule has 1 aliphatic carbocycles. The number of allylic oxidation sites excluding steroid dienone is 2. The Morgan fingerprint density at radius 3 is 2.72 bits per heavy atom. The first kappa shape index (κ1) is 19.4. The predicted molar refractivity (Wildman–Crippen MR) is 120 cm³/mol. The first-order valence-electron chi connectivity index (χ1n) is 9.93. The first-order chi connectivity index (χ1) is 14.3. The Kier molecular flexibility index (Phi) is 6.37. The topological polar surface area (TPSA) is 38.9 Å². The summed E-state index contributed by atoms with van der Waals surface area (Å²) in [5, 5.41) is 6.98. The summed E-state index contributed by atoms with van der Waals surface area (Å²) in [6, 6.07) is 18.4. The Hall–Kier alpha value is -2.92. The highest BCUT2D eigenvalue weighted by molar-refractivity contribution is 7.07. The Balaban J connectivity index is 1.74. The predicted octanol–water partition coefficient (Wildman–Crippen LogP) is 5.52. The zero-order chi connectivity index (χ0) is 19.9. The van der Waals surface area contributed by atoms with Crippen LogP contribution in [0.3, 0.4) is 0 Å². The molecule has 0 fully saturated rings. The molecule has 0 radical (unpaired) electrons. The van der Waals surface area contributed by atoms with Crippen molar-refractivity contribution in [2.75, 3.05) is 7.11 Å². The van der Waals surface area contributed by atoms with E-state index in [4.69, 9.17) is 14.8 Å². The number of nitrogens with zero attached hydrogens (tertiary/aromatic N) is 3. The van der Waals surface area contributed by atoms with Gasteiger partial charge in [0, 0.05) is 17.2 Å². The molecule has 0 saturated heterocycles. The SMILES string of the molecule is COc1ccccc1-c1csc(=NCc2ccccc2)n1N=CC1CC=CCC1. The number of methoxy groups -OCH3 is 1. The van der Waals surface area contributed by atoms with Gasteiger partial charge in [-0.3, -0.25) is 4.99 Å². The van der Waals surface area contributed by atoms with Crippen molar-refractivity contribution in [3.63, 3.8) is 0 Å². The van der Waals surface area contributed by atoms with Crippen LogP contribution in [0.2, 0.25) is 0 Å². The molecule has 0 N–H and O–H groups in total. The third-order valence-electron chi connectivity index (χ3n) is 5.01. The van der Waals surface area contributed by atoms with Crippen LogP contribution in [-0.2, 0) is 6.54 Å². The highest BCUT2D eigenvalue weighted by Gasteiger charge is 2.13. The second kappa shape index (κ2) is 9.52. The van der Waals surface area contributed by atoms with Crippen LogP contribution in [0, 0.1) is 5.92 Å². The summed E-state index contributed by atoms with van der Waals surface area (Å²) in [4.78, 5) is 5.74. The quantitative estimate of drug-likeness (QED) is 0.395. The van der Waals surface area contributed by atoms with E-state index < -0.39 is 0 Å². The van der Waals surface area contributed by atoms with Crippen LogP contribution in [-0.4, -0.2) is 18.0 Å². The van der Waals surface area contributed by atoms with Gasteiger partial charge in [0.05, 0.1) is 19.3 Å². The fourth-order valence-electron chi connectivity index (χ4n) is 3.42. The molecule has 1 aromatic heterocycles. The maximum Gasteiger partial charge on any atom is 0.206 e. The van der Waals surface area contributed by atoms with Crippen molar-refractivity contribution in [3.05, 3.63) is 82.5 Å². The van der Waals surface area contributed by atoms with E-state index in [0.29, 0.717) is 12.5 Å². The van der Waals surface area contributed by atoms with Crippen molar-refractivity contribution in [1.82, 2.24) is 4.68 Å². The molecule has 29 heavy (non-hydrogen) atoms. The third kappa shape index (κ3) is 4.74. The molecule has 5 heteroatoms. The van der Waals surface area contributed by atoms with Crippen LogP contribution < -0.4 is 9.54 Å². The van der Waals surface area contributed by atoms with Crippen LogP contribution in [0.4, 0.5) is 0 Å². The zero-order valence-corrected chi connectivity index (χ0v) is 17.4. The Bertz CT molecular complexity index is 1060. The third-order valence-corrected chi connectivity index (χ3v) is 5.86. The largest absolute Gasteiger partial charge is 0.496 e. The van der Waals surface area contributed by atoms with Crippen LogP contribution in [0.25, 0.3) is 11.3 Å². The second-order valence-corrected chi connectivity index (χ2v) is 7.86. The molecule has 1 aliphatic rings. The van der Waals surface area contributed by atoms with E-state index in [1.54, 1.807) is 18.4 Å². The molecule has 0 amide bonds. The number of para-hydroxylation sites is 1. The average Bonchev–Trinajstić information content (AvgIpc) is 3.20. The molecule has 4 nitrogen and oxygen atoms in total. The van der Waals surface area contributed by atoms with Crippen LogP contribution in [0.5, 0.6) is 5.75 Å². The van der Waals surface area contributed by atoms with E-state index in [2.05, 4.69) is 41.9 Å². The molecule has 1 atom stereocenters. The lowest BCUT2D eigenvalue weighted by molar-refractivity contribution is 0.416. The molecular formula is C24H25N3OS. The molecular weight excluding hydrogens is 378 g/mol. The summed E-state index contributed by atoms with van der Waals surface area (Å²) in [6.07, 6.45) is 9.90. The van der Waals surface area contributed by atoms with E-state index in [0.717, 1.165) is 41.1 Å². The number of rotatable bonds is 6. The van der Waals surface area contributed by atoms with Crippen molar-refractivity contribution < 1.29 is 4.74 Å². The highest BCUT2D eigenvalue weighted by Crippen LogP contribution is 2.30. The summed E-state index contributed by atoms with van der Waals surface area (Å²) in [7, 11) is 1.70.